The normalized spacial score (nSPS) is 35.9. The van der Waals surface area contributed by atoms with Gasteiger partial charge in [-0.1, -0.05) is 12.1 Å². The third-order valence-corrected chi connectivity index (χ3v) is 4.66. The Morgan fingerprint density at radius 1 is 1.22 bits per heavy atom. The fraction of sp³-hybridized carbons (Fsp3) is 0.600. The molecule has 2 aliphatic heterocycles. The Balaban J connectivity index is 1.74. The number of hydrogen-bond acceptors (Lipinski definition) is 2. The molecule has 2 atom stereocenters. The van der Waals surface area contributed by atoms with E-state index < -0.39 is 5.60 Å². The number of rotatable bonds is 2. The molecule has 2 aliphatic rings. The van der Waals surface area contributed by atoms with Crippen LogP contribution in [0.5, 0.6) is 0 Å². The molecule has 3 heteroatoms. The third-order valence-electron chi connectivity index (χ3n) is 4.66. The van der Waals surface area contributed by atoms with Gasteiger partial charge in [0, 0.05) is 18.5 Å². The van der Waals surface area contributed by atoms with E-state index in [0.717, 1.165) is 18.4 Å². The molecule has 2 saturated heterocycles. The lowest BCUT2D eigenvalue weighted by Gasteiger charge is -2.42. The van der Waals surface area contributed by atoms with Crippen LogP contribution in [0.1, 0.15) is 31.2 Å². The van der Waals surface area contributed by atoms with Crippen molar-refractivity contribution in [1.82, 2.24) is 4.90 Å². The average molecular weight is 249 g/mol. The SMILES string of the molecule is CN1C2CCC1CC(O)(Cc1ccc(F)cc1)C2. The molecule has 2 fully saturated rings. The van der Waals surface area contributed by atoms with Gasteiger partial charge in [0.05, 0.1) is 5.60 Å². The number of aliphatic hydroxyl groups is 1. The van der Waals surface area contributed by atoms with E-state index in [1.807, 2.05) is 0 Å². The summed E-state index contributed by atoms with van der Waals surface area (Å²) in [6.45, 7) is 0. The molecule has 98 valence electrons. The van der Waals surface area contributed by atoms with Crippen LogP contribution in [0.2, 0.25) is 0 Å². The summed E-state index contributed by atoms with van der Waals surface area (Å²) in [5, 5.41) is 10.8. The smallest absolute Gasteiger partial charge is 0.123 e. The molecule has 3 rings (SSSR count). The van der Waals surface area contributed by atoms with Gasteiger partial charge in [0.15, 0.2) is 0 Å². The fourth-order valence-electron chi connectivity index (χ4n) is 3.67. The second kappa shape index (κ2) is 4.32. The van der Waals surface area contributed by atoms with E-state index in [1.54, 1.807) is 12.1 Å². The lowest BCUT2D eigenvalue weighted by atomic mass is 9.81. The van der Waals surface area contributed by atoms with Crippen molar-refractivity contribution in [2.45, 2.75) is 49.8 Å². The Morgan fingerprint density at radius 3 is 2.33 bits per heavy atom. The Morgan fingerprint density at radius 2 is 1.78 bits per heavy atom. The molecule has 0 amide bonds. The van der Waals surface area contributed by atoms with E-state index >= 15 is 0 Å². The molecular formula is C15H20FNO. The number of piperidine rings is 1. The van der Waals surface area contributed by atoms with Crippen molar-refractivity contribution >= 4 is 0 Å². The van der Waals surface area contributed by atoms with Crippen LogP contribution in [-0.4, -0.2) is 34.7 Å². The topological polar surface area (TPSA) is 23.5 Å². The van der Waals surface area contributed by atoms with E-state index in [4.69, 9.17) is 0 Å². The molecule has 0 aromatic heterocycles. The number of nitrogens with zero attached hydrogens (tertiary/aromatic N) is 1. The Kier molecular flexibility index (Phi) is 2.91. The lowest BCUT2D eigenvalue weighted by molar-refractivity contribution is -0.0437. The third kappa shape index (κ3) is 2.17. The lowest BCUT2D eigenvalue weighted by Crippen LogP contribution is -2.50. The standard InChI is InChI=1S/C15H20FNO/c1-17-13-6-7-14(17)10-15(18,9-13)8-11-2-4-12(16)5-3-11/h2-5,13-14,18H,6-10H2,1H3. The summed E-state index contributed by atoms with van der Waals surface area (Å²) < 4.78 is 12.9. The van der Waals surface area contributed by atoms with Gasteiger partial charge >= 0.3 is 0 Å². The highest BCUT2D eigenvalue weighted by molar-refractivity contribution is 5.19. The van der Waals surface area contributed by atoms with E-state index in [2.05, 4.69) is 11.9 Å². The van der Waals surface area contributed by atoms with Crippen LogP contribution in [0.15, 0.2) is 24.3 Å². The second-order valence-electron chi connectivity index (χ2n) is 5.99. The monoisotopic (exact) mass is 249 g/mol. The first-order chi connectivity index (χ1) is 8.56. The predicted molar refractivity (Wildman–Crippen MR) is 68.9 cm³/mol. The van der Waals surface area contributed by atoms with Gasteiger partial charge in [0.2, 0.25) is 0 Å². The van der Waals surface area contributed by atoms with Crippen LogP contribution in [0.4, 0.5) is 4.39 Å². The maximum Gasteiger partial charge on any atom is 0.123 e. The van der Waals surface area contributed by atoms with Gasteiger partial charge in [0.1, 0.15) is 5.82 Å². The Bertz CT molecular complexity index is 417. The maximum atomic E-state index is 12.9. The predicted octanol–water partition coefficient (Wildman–Crippen LogP) is 2.36. The van der Waals surface area contributed by atoms with Gasteiger partial charge in [-0.3, -0.25) is 0 Å². The van der Waals surface area contributed by atoms with Gasteiger partial charge in [-0.15, -0.1) is 0 Å². The molecule has 0 radical (unpaired) electrons. The van der Waals surface area contributed by atoms with E-state index in [1.165, 1.54) is 25.0 Å². The molecule has 0 spiro atoms. The largest absolute Gasteiger partial charge is 0.389 e. The van der Waals surface area contributed by atoms with Crippen molar-refractivity contribution in [2.24, 2.45) is 0 Å². The van der Waals surface area contributed by atoms with Crippen LogP contribution in [-0.2, 0) is 6.42 Å². The molecular weight excluding hydrogens is 229 g/mol. The quantitative estimate of drug-likeness (QED) is 0.869. The molecule has 2 heterocycles. The summed E-state index contributed by atoms with van der Waals surface area (Å²) in [6, 6.07) is 7.56. The second-order valence-corrected chi connectivity index (χ2v) is 5.99. The first-order valence-corrected chi connectivity index (χ1v) is 6.74. The van der Waals surface area contributed by atoms with Crippen molar-refractivity contribution in [3.63, 3.8) is 0 Å². The van der Waals surface area contributed by atoms with Crippen LogP contribution in [0.3, 0.4) is 0 Å². The molecule has 2 unspecified atom stereocenters. The Labute approximate surface area is 107 Å². The minimum Gasteiger partial charge on any atom is -0.389 e. The highest BCUT2D eigenvalue weighted by atomic mass is 19.1. The molecule has 1 aromatic rings. The Hall–Kier alpha value is -0.930. The van der Waals surface area contributed by atoms with E-state index in [0.29, 0.717) is 18.5 Å². The highest BCUT2D eigenvalue weighted by Crippen LogP contribution is 2.41. The maximum absolute atomic E-state index is 12.9. The van der Waals surface area contributed by atoms with Crippen molar-refractivity contribution in [2.75, 3.05) is 7.05 Å². The summed E-state index contributed by atoms with van der Waals surface area (Å²) in [5.41, 5.74) is 0.429. The number of hydrogen-bond donors (Lipinski definition) is 1. The van der Waals surface area contributed by atoms with Crippen LogP contribution in [0.25, 0.3) is 0 Å². The van der Waals surface area contributed by atoms with Gasteiger partial charge in [-0.2, -0.15) is 0 Å². The molecule has 18 heavy (non-hydrogen) atoms. The van der Waals surface area contributed by atoms with Gasteiger partial charge in [-0.25, -0.2) is 4.39 Å². The summed E-state index contributed by atoms with van der Waals surface area (Å²) in [7, 11) is 2.17. The zero-order chi connectivity index (χ0) is 12.8. The molecule has 2 bridgehead atoms. The van der Waals surface area contributed by atoms with Crippen molar-refractivity contribution < 1.29 is 9.50 Å². The van der Waals surface area contributed by atoms with Crippen molar-refractivity contribution in [3.8, 4) is 0 Å². The first-order valence-electron chi connectivity index (χ1n) is 6.74. The average Bonchev–Trinajstić information content (AvgIpc) is 2.57. The minimum absolute atomic E-state index is 0.214. The van der Waals surface area contributed by atoms with Crippen molar-refractivity contribution in [1.29, 1.82) is 0 Å². The van der Waals surface area contributed by atoms with E-state index in [-0.39, 0.29) is 5.82 Å². The zero-order valence-electron chi connectivity index (χ0n) is 10.8. The number of fused-ring (bicyclic) bond motifs is 2. The number of halogens is 1. The van der Waals surface area contributed by atoms with Gasteiger partial charge < -0.3 is 10.0 Å². The molecule has 0 aliphatic carbocycles. The van der Waals surface area contributed by atoms with E-state index in [9.17, 15) is 9.50 Å². The van der Waals surface area contributed by atoms with Crippen molar-refractivity contribution in [3.05, 3.63) is 35.6 Å². The zero-order valence-corrected chi connectivity index (χ0v) is 10.8. The first kappa shape index (κ1) is 12.1. The van der Waals surface area contributed by atoms with Crippen LogP contribution in [0, 0.1) is 5.82 Å². The van der Waals surface area contributed by atoms with Gasteiger partial charge in [0.25, 0.3) is 0 Å². The molecule has 2 nitrogen and oxygen atoms in total. The van der Waals surface area contributed by atoms with Gasteiger partial charge in [-0.05, 0) is 50.4 Å². The number of benzene rings is 1. The summed E-state index contributed by atoms with van der Waals surface area (Å²) >= 11 is 0. The summed E-state index contributed by atoms with van der Waals surface area (Å²) in [5.74, 6) is -0.214. The van der Waals surface area contributed by atoms with Crippen LogP contribution < -0.4 is 0 Å². The highest BCUT2D eigenvalue weighted by Gasteiger charge is 2.45. The molecule has 1 N–H and O–H groups in total. The summed E-state index contributed by atoms with van der Waals surface area (Å²) in [4.78, 5) is 2.42. The summed E-state index contributed by atoms with van der Waals surface area (Å²) in [6.07, 6.45) is 4.74. The van der Waals surface area contributed by atoms with Crippen LogP contribution >= 0.6 is 0 Å². The molecule has 0 saturated carbocycles. The minimum atomic E-state index is -0.601. The fourth-order valence-corrected chi connectivity index (χ4v) is 3.67. The molecule has 1 aromatic carbocycles.